The zero-order valence-electron chi connectivity index (χ0n) is 10.0. The molecule has 7 heteroatoms. The number of rotatable bonds is 3. The van der Waals surface area contributed by atoms with Crippen molar-refractivity contribution in [3.63, 3.8) is 0 Å². The Morgan fingerprint density at radius 3 is 2.60 bits per heavy atom. The summed E-state index contributed by atoms with van der Waals surface area (Å²) in [6, 6.07) is 11.5. The summed E-state index contributed by atoms with van der Waals surface area (Å²) in [5, 5.41) is 18.1. The molecule has 0 aliphatic carbocycles. The molecule has 0 radical (unpaired) electrons. The van der Waals surface area contributed by atoms with Gasteiger partial charge in [-0.3, -0.25) is 4.72 Å². The second kappa shape index (κ2) is 5.41. The van der Waals surface area contributed by atoms with Crippen LogP contribution in [0.3, 0.4) is 0 Å². The molecule has 0 saturated carbocycles. The van der Waals surface area contributed by atoms with Gasteiger partial charge in [0.05, 0.1) is 27.2 Å². The van der Waals surface area contributed by atoms with Crippen molar-refractivity contribution in [1.82, 2.24) is 0 Å². The van der Waals surface area contributed by atoms with Crippen molar-refractivity contribution in [1.29, 1.82) is 5.26 Å². The van der Waals surface area contributed by atoms with E-state index < -0.39 is 10.0 Å². The van der Waals surface area contributed by atoms with Gasteiger partial charge in [-0.1, -0.05) is 17.7 Å². The molecule has 0 heterocycles. The summed E-state index contributed by atoms with van der Waals surface area (Å²) in [5.41, 5.74) is 0.465. The molecule has 0 unspecified atom stereocenters. The lowest BCUT2D eigenvalue weighted by Crippen LogP contribution is -2.13. The van der Waals surface area contributed by atoms with E-state index in [9.17, 15) is 13.5 Å². The van der Waals surface area contributed by atoms with Crippen LogP contribution in [0.1, 0.15) is 5.56 Å². The third-order valence-electron chi connectivity index (χ3n) is 2.47. The summed E-state index contributed by atoms with van der Waals surface area (Å²) in [4.78, 5) is -0.0271. The Morgan fingerprint density at radius 1 is 1.20 bits per heavy atom. The summed E-state index contributed by atoms with van der Waals surface area (Å²) in [5.74, 6) is -0.138. The average Bonchev–Trinajstić information content (AvgIpc) is 2.43. The summed E-state index contributed by atoms with van der Waals surface area (Å²) in [6.07, 6.45) is 0. The van der Waals surface area contributed by atoms with E-state index in [2.05, 4.69) is 4.72 Å². The molecule has 2 N–H and O–H groups in total. The zero-order valence-corrected chi connectivity index (χ0v) is 11.6. The van der Waals surface area contributed by atoms with Crippen molar-refractivity contribution >= 4 is 27.3 Å². The smallest absolute Gasteiger partial charge is 0.261 e. The molecule has 2 rings (SSSR count). The Hall–Kier alpha value is -2.23. The minimum atomic E-state index is -3.82. The number of nitrogens with one attached hydrogen (secondary N) is 1. The minimum Gasteiger partial charge on any atom is -0.506 e. The van der Waals surface area contributed by atoms with Crippen molar-refractivity contribution < 1.29 is 13.5 Å². The molecule has 20 heavy (non-hydrogen) atoms. The van der Waals surface area contributed by atoms with E-state index in [0.29, 0.717) is 0 Å². The fourth-order valence-corrected chi connectivity index (χ4v) is 2.79. The predicted octanol–water partition coefficient (Wildman–Crippen LogP) is 2.72. The van der Waals surface area contributed by atoms with Gasteiger partial charge in [0.15, 0.2) is 0 Å². The molecular weight excluding hydrogens is 300 g/mol. The number of sulfonamides is 1. The normalized spacial score (nSPS) is 10.8. The molecule has 0 saturated heterocycles. The van der Waals surface area contributed by atoms with Crippen LogP contribution in [0.5, 0.6) is 5.75 Å². The SMILES string of the molecule is N#Cc1cccc(S(=O)(=O)Nc2ccc(O)c(Cl)c2)c1. The van der Waals surface area contributed by atoms with Crippen LogP contribution in [0.2, 0.25) is 5.02 Å². The van der Waals surface area contributed by atoms with Crippen molar-refractivity contribution in [2.24, 2.45) is 0 Å². The number of hydrogen-bond acceptors (Lipinski definition) is 4. The van der Waals surface area contributed by atoms with Gasteiger partial charge in [-0.2, -0.15) is 5.26 Å². The van der Waals surface area contributed by atoms with E-state index in [0.717, 1.165) is 0 Å². The molecule has 0 bridgehead atoms. The van der Waals surface area contributed by atoms with Gasteiger partial charge in [-0.25, -0.2) is 8.42 Å². The van der Waals surface area contributed by atoms with Gasteiger partial charge >= 0.3 is 0 Å². The molecule has 0 aliphatic rings. The number of halogens is 1. The Morgan fingerprint density at radius 2 is 1.95 bits per heavy atom. The number of anilines is 1. The molecule has 0 fully saturated rings. The van der Waals surface area contributed by atoms with Crippen LogP contribution in [-0.4, -0.2) is 13.5 Å². The van der Waals surface area contributed by atoms with Gasteiger partial charge in [0.1, 0.15) is 5.75 Å². The number of nitrogens with zero attached hydrogens (tertiary/aromatic N) is 1. The average molecular weight is 309 g/mol. The van der Waals surface area contributed by atoms with E-state index in [1.807, 2.05) is 6.07 Å². The first-order valence-electron chi connectivity index (χ1n) is 5.44. The molecule has 0 spiro atoms. The molecule has 102 valence electrons. The van der Waals surface area contributed by atoms with Crippen LogP contribution < -0.4 is 4.72 Å². The number of nitriles is 1. The first-order chi connectivity index (χ1) is 9.42. The van der Waals surface area contributed by atoms with Crippen LogP contribution >= 0.6 is 11.6 Å². The van der Waals surface area contributed by atoms with E-state index >= 15 is 0 Å². The van der Waals surface area contributed by atoms with Gasteiger partial charge in [-0.05, 0) is 36.4 Å². The highest BCUT2D eigenvalue weighted by Crippen LogP contribution is 2.27. The van der Waals surface area contributed by atoms with Crippen LogP contribution in [0.15, 0.2) is 47.4 Å². The van der Waals surface area contributed by atoms with Gasteiger partial charge in [0, 0.05) is 0 Å². The van der Waals surface area contributed by atoms with Crippen molar-refractivity contribution in [3.05, 3.63) is 53.1 Å². The zero-order chi connectivity index (χ0) is 14.8. The van der Waals surface area contributed by atoms with E-state index in [1.165, 1.54) is 42.5 Å². The van der Waals surface area contributed by atoms with E-state index in [-0.39, 0.29) is 26.9 Å². The Balaban J connectivity index is 2.35. The molecule has 0 aromatic heterocycles. The molecular formula is C13H9ClN2O3S. The maximum Gasteiger partial charge on any atom is 0.261 e. The molecule has 0 atom stereocenters. The first kappa shape index (κ1) is 14.2. The van der Waals surface area contributed by atoms with Crippen molar-refractivity contribution in [3.8, 4) is 11.8 Å². The molecule has 0 aliphatic heterocycles. The maximum absolute atomic E-state index is 12.1. The third kappa shape index (κ3) is 3.02. The number of phenolic OH excluding ortho intramolecular Hbond substituents is 1. The lowest BCUT2D eigenvalue weighted by Gasteiger charge is -2.09. The van der Waals surface area contributed by atoms with Crippen LogP contribution in [0, 0.1) is 11.3 Å². The maximum atomic E-state index is 12.1. The fraction of sp³-hybridized carbons (Fsp3) is 0. The monoisotopic (exact) mass is 308 g/mol. The highest BCUT2D eigenvalue weighted by Gasteiger charge is 2.15. The lowest BCUT2D eigenvalue weighted by atomic mass is 10.2. The summed E-state index contributed by atoms with van der Waals surface area (Å²) >= 11 is 5.71. The number of aromatic hydroxyl groups is 1. The van der Waals surface area contributed by atoms with E-state index in [4.69, 9.17) is 16.9 Å². The Labute approximate surface area is 121 Å². The second-order valence-electron chi connectivity index (χ2n) is 3.91. The molecule has 2 aromatic carbocycles. The van der Waals surface area contributed by atoms with Gasteiger partial charge in [0.25, 0.3) is 10.0 Å². The molecule has 0 amide bonds. The fourth-order valence-electron chi connectivity index (χ4n) is 1.52. The number of benzene rings is 2. The van der Waals surface area contributed by atoms with Gasteiger partial charge < -0.3 is 5.11 Å². The van der Waals surface area contributed by atoms with Crippen LogP contribution in [0.25, 0.3) is 0 Å². The third-order valence-corrected chi connectivity index (χ3v) is 4.16. The highest BCUT2D eigenvalue weighted by molar-refractivity contribution is 7.92. The number of hydrogen-bond donors (Lipinski definition) is 2. The van der Waals surface area contributed by atoms with Crippen molar-refractivity contribution in [2.45, 2.75) is 4.90 Å². The Bertz CT molecular complexity index is 798. The molecule has 5 nitrogen and oxygen atoms in total. The summed E-state index contributed by atoms with van der Waals surface area (Å²) in [7, 11) is -3.82. The minimum absolute atomic E-state index is 0.0271. The summed E-state index contributed by atoms with van der Waals surface area (Å²) < 4.78 is 26.6. The van der Waals surface area contributed by atoms with Gasteiger partial charge in [0.2, 0.25) is 0 Å². The molecule has 2 aromatic rings. The predicted molar refractivity (Wildman–Crippen MR) is 75.1 cm³/mol. The van der Waals surface area contributed by atoms with E-state index in [1.54, 1.807) is 0 Å². The Kier molecular flexibility index (Phi) is 3.84. The number of phenols is 1. The first-order valence-corrected chi connectivity index (χ1v) is 7.30. The second-order valence-corrected chi connectivity index (χ2v) is 6.00. The topological polar surface area (TPSA) is 90.2 Å². The quantitative estimate of drug-likeness (QED) is 0.853. The van der Waals surface area contributed by atoms with Crippen molar-refractivity contribution in [2.75, 3.05) is 4.72 Å². The lowest BCUT2D eigenvalue weighted by molar-refractivity contribution is 0.475. The summed E-state index contributed by atoms with van der Waals surface area (Å²) in [6.45, 7) is 0. The van der Waals surface area contributed by atoms with Gasteiger partial charge in [-0.15, -0.1) is 0 Å². The van der Waals surface area contributed by atoms with Crippen LogP contribution in [0.4, 0.5) is 5.69 Å². The largest absolute Gasteiger partial charge is 0.506 e. The standard InChI is InChI=1S/C13H9ClN2O3S/c14-12-7-10(4-5-13(12)17)16-20(18,19)11-3-1-2-9(6-11)8-15/h1-7,16-17H. The highest BCUT2D eigenvalue weighted by atomic mass is 35.5. The van der Waals surface area contributed by atoms with Crippen LogP contribution in [-0.2, 0) is 10.0 Å².